The molecule has 0 unspecified atom stereocenters. The Morgan fingerprint density at radius 3 is 2.82 bits per heavy atom. The molecule has 4 heteroatoms. The first-order valence-corrected chi connectivity index (χ1v) is 2.94. The highest BCUT2D eigenvalue weighted by Gasteiger charge is 2.05. The van der Waals surface area contributed by atoms with E-state index in [1.165, 1.54) is 18.5 Å². The van der Waals surface area contributed by atoms with E-state index in [0.717, 1.165) is 0 Å². The van der Waals surface area contributed by atoms with Gasteiger partial charge in [0.1, 0.15) is 0 Å². The molecule has 1 aromatic rings. The van der Waals surface area contributed by atoms with Crippen molar-refractivity contribution in [2.75, 3.05) is 0 Å². The maximum absolute atomic E-state index is 10.6. The number of carbonyl (C=O) groups is 2. The van der Waals surface area contributed by atoms with Crippen LogP contribution >= 0.6 is 0 Å². The predicted molar refractivity (Wildman–Crippen MR) is 38.1 cm³/mol. The predicted octanol–water partition coefficient (Wildman–Crippen LogP) is -0.00700. The van der Waals surface area contributed by atoms with Gasteiger partial charge in [0.15, 0.2) is 6.29 Å². The van der Waals surface area contributed by atoms with Crippen molar-refractivity contribution in [3.8, 4) is 0 Å². The van der Waals surface area contributed by atoms with Gasteiger partial charge in [-0.25, -0.2) is 0 Å². The fourth-order valence-electron chi connectivity index (χ4n) is 0.714. The minimum absolute atomic E-state index is 0.155. The number of pyridine rings is 1. The van der Waals surface area contributed by atoms with Crippen molar-refractivity contribution >= 4 is 12.2 Å². The highest BCUT2D eigenvalue weighted by Crippen LogP contribution is 2.01. The molecule has 0 saturated heterocycles. The van der Waals surface area contributed by atoms with Gasteiger partial charge in [0.05, 0.1) is 5.56 Å². The quantitative estimate of drug-likeness (QED) is 0.602. The molecule has 0 spiro atoms. The van der Waals surface area contributed by atoms with Crippen LogP contribution in [0.1, 0.15) is 20.7 Å². The van der Waals surface area contributed by atoms with Crippen LogP contribution in [0.3, 0.4) is 0 Å². The maximum Gasteiger partial charge on any atom is 0.250 e. The standard InChI is InChI=1S/C7H6N2O2/c8-7(11)6-3-9-2-1-5(6)4-10/h1-4H,(H2,8,11). The Bertz CT molecular complexity index is 296. The zero-order valence-electron chi connectivity index (χ0n) is 5.65. The van der Waals surface area contributed by atoms with E-state index in [1.807, 2.05) is 0 Å². The third-order valence-electron chi connectivity index (χ3n) is 1.25. The average molecular weight is 150 g/mol. The number of aromatic nitrogens is 1. The summed E-state index contributed by atoms with van der Waals surface area (Å²) in [6.07, 6.45) is 3.27. The molecule has 1 heterocycles. The number of nitrogens with zero attached hydrogens (tertiary/aromatic N) is 1. The van der Waals surface area contributed by atoms with Crippen molar-refractivity contribution in [1.29, 1.82) is 0 Å². The SMILES string of the molecule is NC(=O)c1cnccc1C=O. The topological polar surface area (TPSA) is 73.1 Å². The van der Waals surface area contributed by atoms with E-state index in [2.05, 4.69) is 4.98 Å². The van der Waals surface area contributed by atoms with Crippen LogP contribution in [0, 0.1) is 0 Å². The smallest absolute Gasteiger partial charge is 0.250 e. The molecular formula is C7H6N2O2. The van der Waals surface area contributed by atoms with Crippen molar-refractivity contribution in [1.82, 2.24) is 4.98 Å². The highest BCUT2D eigenvalue weighted by molar-refractivity contribution is 6.00. The zero-order chi connectivity index (χ0) is 8.27. The van der Waals surface area contributed by atoms with Crippen LogP contribution in [0.4, 0.5) is 0 Å². The molecule has 1 amide bonds. The van der Waals surface area contributed by atoms with Gasteiger partial charge < -0.3 is 5.73 Å². The largest absolute Gasteiger partial charge is 0.366 e. The fraction of sp³-hybridized carbons (Fsp3) is 0. The number of amides is 1. The highest BCUT2D eigenvalue weighted by atomic mass is 16.1. The lowest BCUT2D eigenvalue weighted by Crippen LogP contribution is -2.13. The van der Waals surface area contributed by atoms with Crippen molar-refractivity contribution in [3.63, 3.8) is 0 Å². The molecule has 11 heavy (non-hydrogen) atoms. The molecule has 0 aliphatic carbocycles. The second-order valence-electron chi connectivity index (χ2n) is 1.95. The van der Waals surface area contributed by atoms with Gasteiger partial charge in [-0.05, 0) is 6.07 Å². The van der Waals surface area contributed by atoms with E-state index in [0.29, 0.717) is 6.29 Å². The van der Waals surface area contributed by atoms with Gasteiger partial charge in [0.2, 0.25) is 0 Å². The summed E-state index contributed by atoms with van der Waals surface area (Å²) in [4.78, 5) is 24.6. The fourth-order valence-corrected chi connectivity index (χ4v) is 0.714. The Hall–Kier alpha value is -1.71. The molecule has 0 aromatic carbocycles. The first kappa shape index (κ1) is 7.40. The second-order valence-corrected chi connectivity index (χ2v) is 1.95. The van der Waals surface area contributed by atoms with Gasteiger partial charge in [-0.1, -0.05) is 0 Å². The number of rotatable bonds is 2. The van der Waals surface area contributed by atoms with Crippen molar-refractivity contribution in [2.24, 2.45) is 5.73 Å². The van der Waals surface area contributed by atoms with E-state index in [4.69, 9.17) is 5.73 Å². The van der Waals surface area contributed by atoms with Crippen LogP contribution in [-0.4, -0.2) is 17.2 Å². The lowest BCUT2D eigenvalue weighted by Gasteiger charge is -1.95. The summed E-state index contributed by atoms with van der Waals surface area (Å²) in [5.74, 6) is -0.639. The van der Waals surface area contributed by atoms with Crippen LogP contribution in [0.25, 0.3) is 0 Å². The molecule has 0 atom stereocenters. The zero-order valence-corrected chi connectivity index (χ0v) is 5.65. The lowest BCUT2D eigenvalue weighted by molar-refractivity contribution is 0.0992. The van der Waals surface area contributed by atoms with Gasteiger partial charge in [0, 0.05) is 18.0 Å². The molecule has 1 aromatic heterocycles. The summed E-state index contributed by atoms with van der Waals surface area (Å²) in [5.41, 5.74) is 5.38. The molecule has 0 aliphatic heterocycles. The average Bonchev–Trinajstić information content (AvgIpc) is 2.04. The first-order valence-electron chi connectivity index (χ1n) is 2.94. The first-order chi connectivity index (χ1) is 5.25. The van der Waals surface area contributed by atoms with E-state index in [1.54, 1.807) is 0 Å². The van der Waals surface area contributed by atoms with Crippen LogP contribution in [0.2, 0.25) is 0 Å². The Labute approximate surface area is 63.0 Å². The van der Waals surface area contributed by atoms with Gasteiger partial charge >= 0.3 is 0 Å². The molecule has 2 N–H and O–H groups in total. The minimum atomic E-state index is -0.639. The molecule has 0 bridgehead atoms. The molecular weight excluding hydrogens is 144 g/mol. The molecule has 0 aliphatic rings. The van der Waals surface area contributed by atoms with Crippen LogP contribution in [0.5, 0.6) is 0 Å². The Kier molecular flexibility index (Phi) is 1.96. The number of hydrogen-bond acceptors (Lipinski definition) is 3. The maximum atomic E-state index is 10.6. The molecule has 1 rings (SSSR count). The van der Waals surface area contributed by atoms with Gasteiger partial charge in [-0.2, -0.15) is 0 Å². The number of nitrogens with two attached hydrogens (primary N) is 1. The summed E-state index contributed by atoms with van der Waals surface area (Å²) in [6, 6.07) is 1.44. The minimum Gasteiger partial charge on any atom is -0.366 e. The van der Waals surface area contributed by atoms with E-state index >= 15 is 0 Å². The van der Waals surface area contributed by atoms with Crippen LogP contribution in [0.15, 0.2) is 18.5 Å². The monoisotopic (exact) mass is 150 g/mol. The molecule has 0 saturated carbocycles. The van der Waals surface area contributed by atoms with Crippen LogP contribution < -0.4 is 5.73 Å². The van der Waals surface area contributed by atoms with Crippen LogP contribution in [-0.2, 0) is 0 Å². The number of primary amides is 1. The third kappa shape index (κ3) is 1.40. The van der Waals surface area contributed by atoms with E-state index in [-0.39, 0.29) is 11.1 Å². The molecule has 4 nitrogen and oxygen atoms in total. The van der Waals surface area contributed by atoms with Crippen molar-refractivity contribution in [2.45, 2.75) is 0 Å². The van der Waals surface area contributed by atoms with E-state index in [9.17, 15) is 9.59 Å². The van der Waals surface area contributed by atoms with E-state index < -0.39 is 5.91 Å². The number of carbonyl (C=O) groups excluding carboxylic acids is 2. The molecule has 0 radical (unpaired) electrons. The molecule has 0 fully saturated rings. The number of aldehydes is 1. The van der Waals surface area contributed by atoms with Gasteiger partial charge in [0.25, 0.3) is 5.91 Å². The Morgan fingerprint density at radius 1 is 1.64 bits per heavy atom. The Balaban J connectivity index is 3.22. The summed E-state index contributed by atoms with van der Waals surface area (Å²) in [6.45, 7) is 0. The summed E-state index contributed by atoms with van der Waals surface area (Å²) in [5, 5.41) is 0. The van der Waals surface area contributed by atoms with Crippen molar-refractivity contribution < 1.29 is 9.59 Å². The Morgan fingerprint density at radius 2 is 2.36 bits per heavy atom. The molecule has 56 valence electrons. The summed E-state index contributed by atoms with van der Waals surface area (Å²) in [7, 11) is 0. The van der Waals surface area contributed by atoms with Gasteiger partial charge in [-0.3, -0.25) is 14.6 Å². The lowest BCUT2D eigenvalue weighted by atomic mass is 10.1. The summed E-state index contributed by atoms with van der Waals surface area (Å²) < 4.78 is 0. The van der Waals surface area contributed by atoms with Gasteiger partial charge in [-0.15, -0.1) is 0 Å². The normalized spacial score (nSPS) is 9.09. The number of hydrogen-bond donors (Lipinski definition) is 1. The summed E-state index contributed by atoms with van der Waals surface area (Å²) >= 11 is 0. The van der Waals surface area contributed by atoms with Crippen molar-refractivity contribution in [3.05, 3.63) is 29.6 Å². The third-order valence-corrected chi connectivity index (χ3v) is 1.25. The second kappa shape index (κ2) is 2.92.